The summed E-state index contributed by atoms with van der Waals surface area (Å²) in [6, 6.07) is 4.17. The minimum atomic E-state index is 0.887. The maximum atomic E-state index is 4.24. The molecule has 1 aliphatic rings. The Bertz CT molecular complexity index is 992. The average Bonchev–Trinajstić information content (AvgIpc) is 3.10. The van der Waals surface area contributed by atoms with Gasteiger partial charge >= 0.3 is 0 Å². The van der Waals surface area contributed by atoms with Gasteiger partial charge in [-0.3, -0.25) is 9.38 Å². The molecule has 5 nitrogen and oxygen atoms in total. The molecule has 0 bridgehead atoms. The Morgan fingerprint density at radius 1 is 1.15 bits per heavy atom. The lowest BCUT2D eigenvalue weighted by molar-refractivity contribution is -0.645. The molecule has 0 aromatic carbocycles. The molecule has 0 aliphatic carbocycles. The summed E-state index contributed by atoms with van der Waals surface area (Å²) in [5.41, 5.74) is 6.26. The van der Waals surface area contributed by atoms with Gasteiger partial charge in [-0.1, -0.05) is 0 Å². The van der Waals surface area contributed by atoms with Gasteiger partial charge in [0, 0.05) is 24.2 Å². The average molecular weight is 262 g/mol. The Labute approximate surface area is 114 Å². The number of imidazole rings is 1. The molecule has 0 atom stereocenters. The number of fused-ring (bicyclic) bond motifs is 7. The van der Waals surface area contributed by atoms with Crippen molar-refractivity contribution >= 4 is 16.6 Å². The van der Waals surface area contributed by atoms with Crippen molar-refractivity contribution in [2.45, 2.75) is 6.54 Å². The first-order valence-corrected chi connectivity index (χ1v) is 6.61. The van der Waals surface area contributed by atoms with Crippen molar-refractivity contribution in [3.8, 4) is 11.4 Å². The molecule has 0 saturated heterocycles. The Morgan fingerprint density at radius 3 is 3.00 bits per heavy atom. The normalized spacial score (nSPS) is 13.1. The van der Waals surface area contributed by atoms with Crippen molar-refractivity contribution in [3.05, 3.63) is 48.8 Å². The zero-order valence-corrected chi connectivity index (χ0v) is 11.0. The quantitative estimate of drug-likeness (QED) is 0.397. The Morgan fingerprint density at radius 2 is 2.05 bits per heavy atom. The maximum Gasteiger partial charge on any atom is 0.290 e. The highest BCUT2D eigenvalue weighted by molar-refractivity contribution is 5.91. The summed E-state index contributed by atoms with van der Waals surface area (Å²) >= 11 is 0. The number of nitrogens with zero attached hydrogens (tertiary/aromatic N) is 5. The van der Waals surface area contributed by atoms with Gasteiger partial charge in [-0.15, -0.1) is 0 Å². The first-order valence-electron chi connectivity index (χ1n) is 6.61. The third-order valence-corrected chi connectivity index (χ3v) is 4.21. The number of hydrogen-bond donors (Lipinski definition) is 0. The van der Waals surface area contributed by atoms with Crippen LogP contribution in [0, 0.1) is 0 Å². The third-order valence-electron chi connectivity index (χ3n) is 4.21. The van der Waals surface area contributed by atoms with E-state index in [2.05, 4.69) is 48.9 Å². The molecule has 96 valence electrons. The van der Waals surface area contributed by atoms with E-state index < -0.39 is 0 Å². The number of pyridine rings is 1. The molecule has 0 N–H and O–H groups in total. The largest absolute Gasteiger partial charge is 0.299 e. The van der Waals surface area contributed by atoms with E-state index in [1.807, 2.05) is 24.9 Å². The second kappa shape index (κ2) is 3.25. The summed E-state index contributed by atoms with van der Waals surface area (Å²) in [5.74, 6) is 1.26. The van der Waals surface area contributed by atoms with Gasteiger partial charge < -0.3 is 0 Å². The lowest BCUT2D eigenvalue weighted by Crippen LogP contribution is -2.31. The van der Waals surface area contributed by atoms with Crippen LogP contribution in [0.25, 0.3) is 27.9 Å². The summed E-state index contributed by atoms with van der Waals surface area (Å²) in [6.07, 6.45) is 9.67. The molecule has 1 aliphatic heterocycles. The van der Waals surface area contributed by atoms with Crippen molar-refractivity contribution in [2.75, 3.05) is 0 Å². The second-order valence-corrected chi connectivity index (χ2v) is 5.24. The van der Waals surface area contributed by atoms with Crippen LogP contribution in [0.4, 0.5) is 0 Å². The highest BCUT2D eigenvalue weighted by Gasteiger charge is 2.34. The Kier molecular flexibility index (Phi) is 1.65. The topological polar surface area (TPSA) is 39.0 Å². The predicted molar refractivity (Wildman–Crippen MR) is 74.2 cm³/mol. The molecule has 5 heteroatoms. The molecular formula is C15H12N5+. The van der Waals surface area contributed by atoms with Crippen LogP contribution >= 0.6 is 0 Å². The summed E-state index contributed by atoms with van der Waals surface area (Å²) < 4.78 is 6.71. The van der Waals surface area contributed by atoms with Gasteiger partial charge in [0.2, 0.25) is 5.52 Å². The van der Waals surface area contributed by atoms with Crippen molar-refractivity contribution in [2.24, 2.45) is 7.05 Å². The molecule has 0 spiro atoms. The van der Waals surface area contributed by atoms with Gasteiger partial charge in [-0.2, -0.15) is 0 Å². The first-order chi connectivity index (χ1) is 9.84. The fraction of sp³-hybridized carbons (Fsp3) is 0.133. The Hall–Kier alpha value is -2.69. The molecule has 0 amide bonds. The van der Waals surface area contributed by atoms with Crippen LogP contribution in [0.5, 0.6) is 0 Å². The van der Waals surface area contributed by atoms with Crippen LogP contribution in [0.1, 0.15) is 5.56 Å². The second-order valence-electron chi connectivity index (χ2n) is 5.24. The number of rotatable bonds is 0. The van der Waals surface area contributed by atoms with Gasteiger partial charge in [-0.05, 0) is 12.1 Å². The molecule has 0 radical (unpaired) electrons. The first kappa shape index (κ1) is 10.1. The highest BCUT2D eigenvalue weighted by Crippen LogP contribution is 2.31. The smallest absolute Gasteiger partial charge is 0.290 e. The molecule has 0 saturated carbocycles. The molecule has 0 unspecified atom stereocenters. The van der Waals surface area contributed by atoms with Gasteiger partial charge in [0.1, 0.15) is 6.54 Å². The molecular weight excluding hydrogens is 250 g/mol. The lowest BCUT2D eigenvalue weighted by atomic mass is 10.2. The zero-order valence-electron chi connectivity index (χ0n) is 11.0. The monoisotopic (exact) mass is 262 g/mol. The summed E-state index contributed by atoms with van der Waals surface area (Å²) in [7, 11) is 2.12. The zero-order chi connectivity index (χ0) is 13.3. The van der Waals surface area contributed by atoms with Gasteiger partial charge in [0.05, 0.1) is 30.7 Å². The van der Waals surface area contributed by atoms with Crippen molar-refractivity contribution < 1.29 is 4.57 Å². The number of aromatic nitrogens is 5. The van der Waals surface area contributed by atoms with E-state index in [-0.39, 0.29) is 0 Å². The minimum Gasteiger partial charge on any atom is -0.299 e. The summed E-state index contributed by atoms with van der Waals surface area (Å²) in [5, 5.41) is 0. The van der Waals surface area contributed by atoms with Gasteiger partial charge in [0.15, 0.2) is 5.52 Å². The van der Waals surface area contributed by atoms with Gasteiger partial charge in [-0.25, -0.2) is 14.1 Å². The number of aryl methyl sites for hydroxylation is 1. The van der Waals surface area contributed by atoms with E-state index >= 15 is 0 Å². The Balaban J connectivity index is 1.99. The van der Waals surface area contributed by atoms with Crippen LogP contribution in [0.15, 0.2) is 43.2 Å². The number of hydrogen-bond acceptors (Lipinski definition) is 2. The molecule has 5 heterocycles. The van der Waals surface area contributed by atoms with E-state index in [1.165, 1.54) is 33.5 Å². The lowest BCUT2D eigenvalue weighted by Gasteiger charge is -1.94. The van der Waals surface area contributed by atoms with Crippen LogP contribution in [-0.4, -0.2) is 18.9 Å². The van der Waals surface area contributed by atoms with E-state index in [1.54, 1.807) is 0 Å². The molecule has 4 aromatic rings. The highest BCUT2D eigenvalue weighted by atomic mass is 15.2. The van der Waals surface area contributed by atoms with E-state index in [0.717, 1.165) is 6.54 Å². The fourth-order valence-corrected chi connectivity index (χ4v) is 3.35. The molecule has 0 fully saturated rings. The maximum absolute atomic E-state index is 4.24. The van der Waals surface area contributed by atoms with E-state index in [4.69, 9.17) is 0 Å². The van der Waals surface area contributed by atoms with Crippen LogP contribution in [0.2, 0.25) is 0 Å². The SMILES string of the molecule is Cn1c2[n+](c3c1cn1cnccc31)Cc1cnccc1-2. The summed E-state index contributed by atoms with van der Waals surface area (Å²) in [6.45, 7) is 0.887. The van der Waals surface area contributed by atoms with Crippen LogP contribution in [0.3, 0.4) is 0 Å². The minimum absolute atomic E-state index is 0.887. The molecule has 4 aromatic heterocycles. The third kappa shape index (κ3) is 1.02. The van der Waals surface area contributed by atoms with Crippen LogP contribution in [-0.2, 0) is 13.6 Å². The van der Waals surface area contributed by atoms with E-state index in [9.17, 15) is 0 Å². The predicted octanol–water partition coefficient (Wildman–Crippen LogP) is 1.54. The molecule has 5 rings (SSSR count). The standard InChI is InChI=1S/C15H12N5/c1-18-13-8-19-9-17-5-3-12(19)14(13)20-7-10-6-16-4-2-11(10)15(18)20/h2-6,8-9H,7H2,1H3/q+1. The fourth-order valence-electron chi connectivity index (χ4n) is 3.35. The van der Waals surface area contributed by atoms with Crippen molar-refractivity contribution in [1.29, 1.82) is 0 Å². The van der Waals surface area contributed by atoms with E-state index in [0.29, 0.717) is 0 Å². The van der Waals surface area contributed by atoms with Crippen molar-refractivity contribution in [3.63, 3.8) is 0 Å². The summed E-state index contributed by atoms with van der Waals surface area (Å²) in [4.78, 5) is 8.43. The van der Waals surface area contributed by atoms with Crippen LogP contribution < -0.4 is 4.57 Å². The molecule has 20 heavy (non-hydrogen) atoms. The van der Waals surface area contributed by atoms with Gasteiger partial charge in [0.25, 0.3) is 5.82 Å². The van der Waals surface area contributed by atoms with Crippen molar-refractivity contribution in [1.82, 2.24) is 18.9 Å².